The van der Waals surface area contributed by atoms with E-state index in [1.165, 1.54) is 5.56 Å². The van der Waals surface area contributed by atoms with Crippen LogP contribution in [0.1, 0.15) is 45.6 Å². The molecule has 1 rings (SSSR count). The van der Waals surface area contributed by atoms with E-state index in [1.54, 1.807) is 0 Å². The third kappa shape index (κ3) is 4.00. The van der Waals surface area contributed by atoms with Crippen molar-refractivity contribution in [1.82, 2.24) is 4.98 Å². The molecule has 0 bridgehead atoms. The second-order valence-corrected chi connectivity index (χ2v) is 5.50. The molecule has 0 aliphatic carbocycles. The number of nitrogens with two attached hydrogens (primary N) is 1. The second-order valence-electron chi connectivity index (χ2n) is 5.50. The summed E-state index contributed by atoms with van der Waals surface area (Å²) in [4.78, 5) is 4.02. The van der Waals surface area contributed by atoms with Crippen LogP contribution in [0.5, 0.6) is 0 Å². The SMILES string of the molecule is CC(c1ccncc1)C(N)CC(C)(C)C. The summed E-state index contributed by atoms with van der Waals surface area (Å²) < 4.78 is 0. The quantitative estimate of drug-likeness (QED) is 0.825. The van der Waals surface area contributed by atoms with E-state index >= 15 is 0 Å². The Hall–Kier alpha value is -0.890. The lowest BCUT2D eigenvalue weighted by Crippen LogP contribution is -2.31. The van der Waals surface area contributed by atoms with Crippen molar-refractivity contribution in [3.05, 3.63) is 30.1 Å². The Labute approximate surface area is 92.9 Å². The van der Waals surface area contributed by atoms with Crippen LogP contribution in [0, 0.1) is 5.41 Å². The number of hydrogen-bond donors (Lipinski definition) is 1. The second kappa shape index (κ2) is 4.75. The first-order valence-electron chi connectivity index (χ1n) is 5.55. The number of rotatable bonds is 3. The van der Waals surface area contributed by atoms with Gasteiger partial charge >= 0.3 is 0 Å². The predicted octanol–water partition coefficient (Wildman–Crippen LogP) is 2.95. The Balaban J connectivity index is 2.65. The molecule has 0 saturated heterocycles. The number of aromatic nitrogens is 1. The van der Waals surface area contributed by atoms with Gasteiger partial charge in [-0.1, -0.05) is 27.7 Å². The summed E-state index contributed by atoms with van der Waals surface area (Å²) in [6.07, 6.45) is 4.70. The van der Waals surface area contributed by atoms with Gasteiger partial charge in [0.1, 0.15) is 0 Å². The first kappa shape index (κ1) is 12.2. The molecule has 2 N–H and O–H groups in total. The predicted molar refractivity (Wildman–Crippen MR) is 64.7 cm³/mol. The summed E-state index contributed by atoms with van der Waals surface area (Å²) in [5.41, 5.74) is 7.79. The van der Waals surface area contributed by atoms with E-state index in [4.69, 9.17) is 5.73 Å². The summed E-state index contributed by atoms with van der Waals surface area (Å²) in [5.74, 6) is 0.396. The summed E-state index contributed by atoms with van der Waals surface area (Å²) in [6.45, 7) is 8.87. The molecule has 0 radical (unpaired) electrons. The maximum absolute atomic E-state index is 6.21. The number of hydrogen-bond acceptors (Lipinski definition) is 2. The molecule has 1 aromatic rings. The standard InChI is InChI=1S/C13H22N2/c1-10(11-5-7-15-8-6-11)12(14)9-13(2,3)4/h5-8,10,12H,9,14H2,1-4H3. The third-order valence-electron chi connectivity index (χ3n) is 2.72. The molecule has 0 spiro atoms. The van der Waals surface area contributed by atoms with E-state index in [2.05, 4.69) is 32.7 Å². The van der Waals surface area contributed by atoms with E-state index in [0.717, 1.165) is 6.42 Å². The van der Waals surface area contributed by atoms with Crippen molar-refractivity contribution in [2.24, 2.45) is 11.1 Å². The fourth-order valence-electron chi connectivity index (χ4n) is 1.80. The lowest BCUT2D eigenvalue weighted by Gasteiger charge is -2.27. The molecule has 15 heavy (non-hydrogen) atoms. The average Bonchev–Trinajstić information content (AvgIpc) is 2.15. The molecule has 2 heteroatoms. The Morgan fingerprint density at radius 2 is 1.80 bits per heavy atom. The average molecular weight is 206 g/mol. The van der Waals surface area contributed by atoms with Gasteiger partial charge in [-0.05, 0) is 35.4 Å². The Morgan fingerprint density at radius 3 is 2.27 bits per heavy atom. The molecule has 0 saturated carbocycles. The Bertz CT molecular complexity index is 287. The lowest BCUT2D eigenvalue weighted by molar-refractivity contribution is 0.321. The Morgan fingerprint density at radius 1 is 1.27 bits per heavy atom. The monoisotopic (exact) mass is 206 g/mol. The van der Waals surface area contributed by atoms with Crippen LogP contribution in [0.3, 0.4) is 0 Å². The molecule has 0 amide bonds. The van der Waals surface area contributed by atoms with Gasteiger partial charge in [0.05, 0.1) is 0 Å². The molecular formula is C13H22N2. The highest BCUT2D eigenvalue weighted by atomic mass is 14.7. The molecule has 1 heterocycles. The highest BCUT2D eigenvalue weighted by Gasteiger charge is 2.21. The zero-order valence-electron chi connectivity index (χ0n) is 10.2. The van der Waals surface area contributed by atoms with E-state index < -0.39 is 0 Å². The first-order valence-corrected chi connectivity index (χ1v) is 5.55. The van der Waals surface area contributed by atoms with Crippen molar-refractivity contribution in [2.75, 3.05) is 0 Å². The van der Waals surface area contributed by atoms with Crippen LogP contribution in [0.25, 0.3) is 0 Å². The van der Waals surface area contributed by atoms with Crippen LogP contribution >= 0.6 is 0 Å². The van der Waals surface area contributed by atoms with Crippen LogP contribution in [-0.2, 0) is 0 Å². The topological polar surface area (TPSA) is 38.9 Å². The molecule has 0 aliphatic heterocycles. The highest BCUT2D eigenvalue weighted by Crippen LogP contribution is 2.27. The summed E-state index contributed by atoms with van der Waals surface area (Å²) >= 11 is 0. The summed E-state index contributed by atoms with van der Waals surface area (Å²) in [5, 5.41) is 0. The van der Waals surface area contributed by atoms with Gasteiger partial charge in [-0.25, -0.2) is 0 Å². The molecule has 0 aromatic carbocycles. The van der Waals surface area contributed by atoms with Crippen molar-refractivity contribution in [3.8, 4) is 0 Å². The summed E-state index contributed by atoms with van der Waals surface area (Å²) in [7, 11) is 0. The maximum atomic E-state index is 6.21. The maximum Gasteiger partial charge on any atom is 0.0270 e. The van der Waals surface area contributed by atoms with Gasteiger partial charge in [0.15, 0.2) is 0 Å². The molecule has 0 fully saturated rings. The van der Waals surface area contributed by atoms with Gasteiger partial charge in [0.25, 0.3) is 0 Å². The van der Waals surface area contributed by atoms with Gasteiger partial charge in [0, 0.05) is 18.4 Å². The minimum Gasteiger partial charge on any atom is -0.327 e. The molecule has 84 valence electrons. The highest BCUT2D eigenvalue weighted by molar-refractivity contribution is 5.16. The van der Waals surface area contributed by atoms with E-state index in [9.17, 15) is 0 Å². The van der Waals surface area contributed by atoms with Gasteiger partial charge in [-0.15, -0.1) is 0 Å². The number of nitrogens with zero attached hydrogens (tertiary/aromatic N) is 1. The Kier molecular flexibility index (Phi) is 3.86. The fraction of sp³-hybridized carbons (Fsp3) is 0.615. The lowest BCUT2D eigenvalue weighted by atomic mass is 9.82. The van der Waals surface area contributed by atoms with Gasteiger partial charge in [0.2, 0.25) is 0 Å². The van der Waals surface area contributed by atoms with Gasteiger partial charge in [-0.3, -0.25) is 4.98 Å². The zero-order chi connectivity index (χ0) is 11.5. The molecular weight excluding hydrogens is 184 g/mol. The van der Waals surface area contributed by atoms with Gasteiger partial charge < -0.3 is 5.73 Å². The number of pyridine rings is 1. The van der Waals surface area contributed by atoms with Crippen molar-refractivity contribution >= 4 is 0 Å². The van der Waals surface area contributed by atoms with E-state index in [0.29, 0.717) is 11.3 Å². The van der Waals surface area contributed by atoms with Crippen molar-refractivity contribution in [2.45, 2.75) is 46.1 Å². The van der Waals surface area contributed by atoms with Crippen LogP contribution < -0.4 is 5.73 Å². The van der Waals surface area contributed by atoms with Crippen molar-refractivity contribution < 1.29 is 0 Å². The van der Waals surface area contributed by atoms with Crippen LogP contribution in [0.15, 0.2) is 24.5 Å². The largest absolute Gasteiger partial charge is 0.327 e. The van der Waals surface area contributed by atoms with Gasteiger partial charge in [-0.2, -0.15) is 0 Å². The summed E-state index contributed by atoms with van der Waals surface area (Å²) in [6, 6.07) is 4.31. The van der Waals surface area contributed by atoms with Crippen LogP contribution in [0.2, 0.25) is 0 Å². The van der Waals surface area contributed by atoms with E-state index in [-0.39, 0.29) is 6.04 Å². The van der Waals surface area contributed by atoms with Crippen molar-refractivity contribution in [1.29, 1.82) is 0 Å². The third-order valence-corrected chi connectivity index (χ3v) is 2.72. The molecule has 2 nitrogen and oxygen atoms in total. The minimum atomic E-state index is 0.215. The minimum absolute atomic E-state index is 0.215. The fourth-order valence-corrected chi connectivity index (χ4v) is 1.80. The normalized spacial score (nSPS) is 16.1. The van der Waals surface area contributed by atoms with Crippen molar-refractivity contribution in [3.63, 3.8) is 0 Å². The molecule has 2 atom stereocenters. The van der Waals surface area contributed by atoms with Crippen LogP contribution in [0.4, 0.5) is 0 Å². The molecule has 1 aromatic heterocycles. The van der Waals surface area contributed by atoms with E-state index in [1.807, 2.05) is 24.5 Å². The molecule has 0 aliphatic rings. The smallest absolute Gasteiger partial charge is 0.0270 e. The molecule has 2 unspecified atom stereocenters. The van der Waals surface area contributed by atoms with Crippen LogP contribution in [-0.4, -0.2) is 11.0 Å². The first-order chi connectivity index (χ1) is 6.90. The zero-order valence-corrected chi connectivity index (χ0v) is 10.2.